The summed E-state index contributed by atoms with van der Waals surface area (Å²) in [4.78, 5) is 4.81. The summed E-state index contributed by atoms with van der Waals surface area (Å²) in [6.07, 6.45) is 8.04. The zero-order valence-electron chi connectivity index (χ0n) is 11.3. The predicted octanol–water partition coefficient (Wildman–Crippen LogP) is 4.39. The lowest BCUT2D eigenvalue weighted by Gasteiger charge is -2.08. The summed E-state index contributed by atoms with van der Waals surface area (Å²) in [7, 11) is 0. The highest BCUT2D eigenvalue weighted by atomic mass is 14.7. The number of rotatable bonds is 3. The number of benzene rings is 1. The van der Waals surface area contributed by atoms with E-state index in [4.69, 9.17) is 4.98 Å². The van der Waals surface area contributed by atoms with E-state index < -0.39 is 0 Å². The van der Waals surface area contributed by atoms with E-state index in [2.05, 4.69) is 55.5 Å². The van der Waals surface area contributed by atoms with E-state index in [0.29, 0.717) is 5.92 Å². The minimum atomic E-state index is 0.367. The molecular formula is C18H19N. The second-order valence-corrected chi connectivity index (χ2v) is 5.25. The third-order valence-corrected chi connectivity index (χ3v) is 3.79. The number of pyridine rings is 1. The van der Waals surface area contributed by atoms with Crippen LogP contribution in [-0.4, -0.2) is 4.98 Å². The zero-order chi connectivity index (χ0) is 13.1. The van der Waals surface area contributed by atoms with E-state index >= 15 is 0 Å². The lowest BCUT2D eigenvalue weighted by molar-refractivity contribution is 0.866. The maximum Gasteiger partial charge on any atom is 0.0473 e. The average Bonchev–Trinajstić information content (AvgIpc) is 2.93. The van der Waals surface area contributed by atoms with Crippen molar-refractivity contribution in [2.24, 2.45) is 0 Å². The van der Waals surface area contributed by atoms with Crippen LogP contribution < -0.4 is 0 Å². The number of aromatic nitrogens is 1. The summed E-state index contributed by atoms with van der Waals surface area (Å²) in [5.41, 5.74) is 5.20. The van der Waals surface area contributed by atoms with E-state index in [0.717, 1.165) is 6.42 Å². The Bertz CT molecular complexity index is 584. The lowest BCUT2D eigenvalue weighted by atomic mass is 10.0. The van der Waals surface area contributed by atoms with Crippen molar-refractivity contribution in [3.8, 4) is 0 Å². The van der Waals surface area contributed by atoms with Crippen LogP contribution >= 0.6 is 0 Å². The highest BCUT2D eigenvalue weighted by Crippen LogP contribution is 2.23. The van der Waals surface area contributed by atoms with E-state index in [1.807, 2.05) is 6.07 Å². The maximum absolute atomic E-state index is 4.81. The molecule has 19 heavy (non-hydrogen) atoms. The average molecular weight is 249 g/mol. The van der Waals surface area contributed by atoms with Crippen LogP contribution in [0.1, 0.15) is 41.8 Å². The molecule has 0 radical (unpaired) electrons. The van der Waals surface area contributed by atoms with Gasteiger partial charge >= 0.3 is 0 Å². The number of fused-ring (bicyclic) bond motifs is 1. The Hall–Kier alpha value is -1.89. The molecule has 1 aliphatic rings. The Morgan fingerprint density at radius 1 is 1.05 bits per heavy atom. The van der Waals surface area contributed by atoms with Crippen LogP contribution in [0.3, 0.4) is 0 Å². The third kappa shape index (κ3) is 2.76. The number of nitrogens with zero attached hydrogens (tertiary/aromatic N) is 1. The molecule has 3 rings (SSSR count). The molecule has 1 aromatic carbocycles. The first kappa shape index (κ1) is 12.2. The maximum atomic E-state index is 4.81. The second-order valence-electron chi connectivity index (χ2n) is 5.25. The predicted molar refractivity (Wildman–Crippen MR) is 80.2 cm³/mol. The number of hydrogen-bond acceptors (Lipinski definition) is 1. The smallest absolute Gasteiger partial charge is 0.0473 e. The SMILES string of the molecule is CC(C=Cc1ccccc1)c1ccc2c(n1)CCC2. The van der Waals surface area contributed by atoms with Crippen molar-refractivity contribution in [3.63, 3.8) is 0 Å². The fourth-order valence-corrected chi connectivity index (χ4v) is 2.61. The van der Waals surface area contributed by atoms with Gasteiger partial charge in [-0.3, -0.25) is 4.98 Å². The monoisotopic (exact) mass is 249 g/mol. The van der Waals surface area contributed by atoms with Crippen LogP contribution in [0.2, 0.25) is 0 Å². The molecule has 1 nitrogen and oxygen atoms in total. The minimum Gasteiger partial charge on any atom is -0.257 e. The Kier molecular flexibility index (Phi) is 3.45. The molecule has 0 aliphatic heterocycles. The van der Waals surface area contributed by atoms with Gasteiger partial charge in [0, 0.05) is 17.3 Å². The molecule has 0 saturated carbocycles. The molecule has 0 bridgehead atoms. The molecule has 1 unspecified atom stereocenters. The summed E-state index contributed by atoms with van der Waals surface area (Å²) in [5.74, 6) is 0.367. The fourth-order valence-electron chi connectivity index (χ4n) is 2.61. The highest BCUT2D eigenvalue weighted by Gasteiger charge is 2.13. The molecule has 0 saturated heterocycles. The van der Waals surface area contributed by atoms with Crippen LogP contribution in [0, 0.1) is 0 Å². The topological polar surface area (TPSA) is 12.9 Å². The Morgan fingerprint density at radius 2 is 1.89 bits per heavy atom. The third-order valence-electron chi connectivity index (χ3n) is 3.79. The van der Waals surface area contributed by atoms with Crippen molar-refractivity contribution in [3.05, 3.63) is 71.1 Å². The van der Waals surface area contributed by atoms with Crippen molar-refractivity contribution in [2.45, 2.75) is 32.1 Å². The highest BCUT2D eigenvalue weighted by molar-refractivity contribution is 5.50. The van der Waals surface area contributed by atoms with Gasteiger partial charge in [-0.15, -0.1) is 0 Å². The van der Waals surface area contributed by atoms with E-state index in [1.165, 1.54) is 35.4 Å². The number of hydrogen-bond donors (Lipinski definition) is 0. The van der Waals surface area contributed by atoms with E-state index in [9.17, 15) is 0 Å². The fraction of sp³-hybridized carbons (Fsp3) is 0.278. The van der Waals surface area contributed by atoms with Crippen molar-refractivity contribution in [1.82, 2.24) is 4.98 Å². The van der Waals surface area contributed by atoms with E-state index in [1.54, 1.807) is 0 Å². The summed E-state index contributed by atoms with van der Waals surface area (Å²) < 4.78 is 0. The molecule has 0 amide bonds. The van der Waals surface area contributed by atoms with Gasteiger partial charge in [-0.25, -0.2) is 0 Å². The van der Waals surface area contributed by atoms with Crippen LogP contribution in [0.25, 0.3) is 6.08 Å². The zero-order valence-corrected chi connectivity index (χ0v) is 11.3. The first-order chi connectivity index (χ1) is 9.33. The van der Waals surface area contributed by atoms with Gasteiger partial charge in [0.15, 0.2) is 0 Å². The van der Waals surface area contributed by atoms with Crippen LogP contribution in [-0.2, 0) is 12.8 Å². The summed E-state index contributed by atoms with van der Waals surface area (Å²) >= 11 is 0. The molecule has 1 heterocycles. The normalized spacial score (nSPS) is 15.6. The second kappa shape index (κ2) is 5.40. The van der Waals surface area contributed by atoms with Gasteiger partial charge < -0.3 is 0 Å². The van der Waals surface area contributed by atoms with E-state index in [-0.39, 0.29) is 0 Å². The van der Waals surface area contributed by atoms with Crippen molar-refractivity contribution in [1.29, 1.82) is 0 Å². The minimum absolute atomic E-state index is 0.367. The summed E-state index contributed by atoms with van der Waals surface area (Å²) in [6.45, 7) is 2.21. The van der Waals surface area contributed by atoms with Gasteiger partial charge in [0.25, 0.3) is 0 Å². The largest absolute Gasteiger partial charge is 0.257 e. The molecule has 96 valence electrons. The first-order valence-electron chi connectivity index (χ1n) is 7.05. The Morgan fingerprint density at radius 3 is 2.74 bits per heavy atom. The summed E-state index contributed by atoms with van der Waals surface area (Å²) in [6, 6.07) is 14.9. The van der Waals surface area contributed by atoms with Gasteiger partial charge in [0.2, 0.25) is 0 Å². The van der Waals surface area contributed by atoms with Gasteiger partial charge in [0.05, 0.1) is 0 Å². The molecular weight excluding hydrogens is 230 g/mol. The first-order valence-corrected chi connectivity index (χ1v) is 7.05. The number of aryl methyl sites for hydroxylation is 2. The quantitative estimate of drug-likeness (QED) is 0.786. The molecule has 1 atom stereocenters. The van der Waals surface area contributed by atoms with Gasteiger partial charge in [-0.05, 0) is 36.5 Å². The molecule has 0 fully saturated rings. The molecule has 2 aromatic rings. The van der Waals surface area contributed by atoms with Crippen molar-refractivity contribution in [2.75, 3.05) is 0 Å². The molecule has 1 aliphatic carbocycles. The van der Waals surface area contributed by atoms with Crippen LogP contribution in [0.5, 0.6) is 0 Å². The Balaban J connectivity index is 1.77. The standard InChI is InChI=1S/C18H19N/c1-14(10-11-15-6-3-2-4-7-15)17-13-12-16-8-5-9-18(16)19-17/h2-4,6-7,10-14H,5,8-9H2,1H3. The molecule has 0 N–H and O–H groups in total. The van der Waals surface area contributed by atoms with Crippen LogP contribution in [0.4, 0.5) is 0 Å². The van der Waals surface area contributed by atoms with Crippen molar-refractivity contribution >= 4 is 6.08 Å². The molecule has 1 aromatic heterocycles. The van der Waals surface area contributed by atoms with Gasteiger partial charge in [0.1, 0.15) is 0 Å². The van der Waals surface area contributed by atoms with Crippen molar-refractivity contribution < 1.29 is 0 Å². The number of allylic oxidation sites excluding steroid dienone is 1. The Labute approximate surface area is 115 Å². The summed E-state index contributed by atoms with van der Waals surface area (Å²) in [5, 5.41) is 0. The molecule has 1 heteroatoms. The van der Waals surface area contributed by atoms with Crippen LogP contribution in [0.15, 0.2) is 48.5 Å². The van der Waals surface area contributed by atoms with Gasteiger partial charge in [-0.1, -0.05) is 55.5 Å². The molecule has 0 spiro atoms. The lowest BCUT2D eigenvalue weighted by Crippen LogP contribution is -1.97. The van der Waals surface area contributed by atoms with Gasteiger partial charge in [-0.2, -0.15) is 0 Å².